The highest BCUT2D eigenvalue weighted by molar-refractivity contribution is 4.72. The van der Waals surface area contributed by atoms with Crippen LogP contribution >= 0.6 is 0 Å². The Hall–Kier alpha value is -0.290. The Kier molecular flexibility index (Phi) is 7.00. The van der Waals surface area contributed by atoms with Crippen LogP contribution < -0.4 is 5.32 Å². The standard InChI is InChI=1S/C13H25F3N2/c1-2-18(11-13(14,15)16)10-9-17-12-7-5-3-4-6-8-12/h12,17H,2-11H2,1H3. The number of hydrogen-bond acceptors (Lipinski definition) is 2. The summed E-state index contributed by atoms with van der Waals surface area (Å²) < 4.78 is 36.8. The van der Waals surface area contributed by atoms with Crippen LogP contribution in [-0.4, -0.2) is 43.3 Å². The lowest BCUT2D eigenvalue weighted by molar-refractivity contribution is -0.145. The topological polar surface area (TPSA) is 15.3 Å². The largest absolute Gasteiger partial charge is 0.401 e. The fourth-order valence-electron chi connectivity index (χ4n) is 2.51. The third-order valence-corrected chi connectivity index (χ3v) is 3.57. The van der Waals surface area contributed by atoms with E-state index < -0.39 is 12.7 Å². The average molecular weight is 266 g/mol. The third kappa shape index (κ3) is 7.21. The van der Waals surface area contributed by atoms with Gasteiger partial charge >= 0.3 is 6.18 Å². The number of nitrogens with one attached hydrogen (secondary N) is 1. The van der Waals surface area contributed by atoms with Crippen molar-refractivity contribution in [3.8, 4) is 0 Å². The molecule has 0 amide bonds. The van der Waals surface area contributed by atoms with Gasteiger partial charge in [-0.25, -0.2) is 0 Å². The van der Waals surface area contributed by atoms with E-state index in [2.05, 4.69) is 5.32 Å². The molecule has 0 atom stereocenters. The molecule has 0 aromatic carbocycles. The maximum absolute atomic E-state index is 12.3. The van der Waals surface area contributed by atoms with Crippen LogP contribution in [0, 0.1) is 0 Å². The number of nitrogens with zero attached hydrogens (tertiary/aromatic N) is 1. The SMILES string of the molecule is CCN(CCNC1CCCCCC1)CC(F)(F)F. The molecule has 1 fully saturated rings. The first-order chi connectivity index (χ1) is 8.51. The van der Waals surface area contributed by atoms with Gasteiger partial charge < -0.3 is 5.32 Å². The lowest BCUT2D eigenvalue weighted by atomic mass is 10.1. The molecule has 0 spiro atoms. The number of rotatable bonds is 6. The first-order valence-electron chi connectivity index (χ1n) is 7.04. The fraction of sp³-hybridized carbons (Fsp3) is 1.00. The van der Waals surface area contributed by atoms with Crippen LogP contribution in [-0.2, 0) is 0 Å². The van der Waals surface area contributed by atoms with Crippen LogP contribution in [0.1, 0.15) is 45.4 Å². The van der Waals surface area contributed by atoms with Crippen molar-refractivity contribution < 1.29 is 13.2 Å². The Morgan fingerprint density at radius 1 is 1.11 bits per heavy atom. The predicted molar refractivity (Wildman–Crippen MR) is 67.7 cm³/mol. The van der Waals surface area contributed by atoms with Crippen molar-refractivity contribution in [1.82, 2.24) is 10.2 Å². The second-order valence-electron chi connectivity index (χ2n) is 5.13. The molecular formula is C13H25F3N2. The second-order valence-corrected chi connectivity index (χ2v) is 5.13. The minimum Gasteiger partial charge on any atom is -0.313 e. The van der Waals surface area contributed by atoms with Crippen LogP contribution in [0.15, 0.2) is 0 Å². The molecule has 0 saturated heterocycles. The Bertz CT molecular complexity index is 211. The molecule has 1 N–H and O–H groups in total. The molecule has 5 heteroatoms. The van der Waals surface area contributed by atoms with Crippen LogP contribution in [0.4, 0.5) is 13.2 Å². The van der Waals surface area contributed by atoms with Gasteiger partial charge in [-0.3, -0.25) is 4.90 Å². The monoisotopic (exact) mass is 266 g/mol. The number of halogens is 3. The van der Waals surface area contributed by atoms with Gasteiger partial charge in [0.1, 0.15) is 0 Å². The molecule has 0 aromatic rings. The zero-order valence-corrected chi connectivity index (χ0v) is 11.2. The van der Waals surface area contributed by atoms with E-state index >= 15 is 0 Å². The summed E-state index contributed by atoms with van der Waals surface area (Å²) in [6.45, 7) is 2.57. The smallest absolute Gasteiger partial charge is 0.313 e. The lowest BCUT2D eigenvalue weighted by Gasteiger charge is -2.23. The maximum atomic E-state index is 12.3. The van der Waals surface area contributed by atoms with Crippen LogP contribution in [0.3, 0.4) is 0 Å². The Labute approximate surface area is 108 Å². The van der Waals surface area contributed by atoms with Crippen molar-refractivity contribution >= 4 is 0 Å². The zero-order chi connectivity index (χ0) is 13.4. The quantitative estimate of drug-likeness (QED) is 0.743. The number of alkyl halides is 3. The maximum Gasteiger partial charge on any atom is 0.401 e. The average Bonchev–Trinajstić information content (AvgIpc) is 2.54. The molecule has 1 aliphatic carbocycles. The Balaban J connectivity index is 2.17. The number of likely N-dealkylation sites (N-methyl/N-ethyl adjacent to an activating group) is 1. The lowest BCUT2D eigenvalue weighted by Crippen LogP contribution is -2.40. The van der Waals surface area contributed by atoms with E-state index in [-0.39, 0.29) is 0 Å². The minimum absolute atomic E-state index is 0.450. The molecule has 1 aliphatic rings. The van der Waals surface area contributed by atoms with E-state index in [9.17, 15) is 13.2 Å². The molecule has 0 radical (unpaired) electrons. The van der Waals surface area contributed by atoms with Crippen LogP contribution in [0.25, 0.3) is 0 Å². The van der Waals surface area contributed by atoms with Crippen molar-refractivity contribution in [2.24, 2.45) is 0 Å². The summed E-state index contributed by atoms with van der Waals surface area (Å²) in [5.41, 5.74) is 0. The molecule has 1 saturated carbocycles. The van der Waals surface area contributed by atoms with E-state index in [1.165, 1.54) is 43.4 Å². The minimum atomic E-state index is -4.08. The normalized spacial score (nSPS) is 19.2. The molecule has 0 bridgehead atoms. The van der Waals surface area contributed by atoms with Gasteiger partial charge in [0.05, 0.1) is 6.54 Å². The van der Waals surface area contributed by atoms with Crippen LogP contribution in [0.2, 0.25) is 0 Å². The summed E-state index contributed by atoms with van der Waals surface area (Å²) in [6, 6.07) is 0.511. The highest BCUT2D eigenvalue weighted by Crippen LogP contribution is 2.17. The highest BCUT2D eigenvalue weighted by Gasteiger charge is 2.29. The van der Waals surface area contributed by atoms with Gasteiger partial charge in [-0.05, 0) is 19.4 Å². The molecule has 1 rings (SSSR count). The molecular weight excluding hydrogens is 241 g/mol. The predicted octanol–water partition coefficient (Wildman–Crippen LogP) is 3.18. The molecule has 0 aliphatic heterocycles. The van der Waals surface area contributed by atoms with Gasteiger partial charge in [-0.2, -0.15) is 13.2 Å². The molecule has 108 valence electrons. The summed E-state index contributed by atoms with van der Waals surface area (Å²) in [4.78, 5) is 1.45. The van der Waals surface area contributed by atoms with E-state index in [0.717, 1.165) is 0 Å². The van der Waals surface area contributed by atoms with Gasteiger partial charge in [0.15, 0.2) is 0 Å². The van der Waals surface area contributed by atoms with Crippen molar-refractivity contribution in [2.75, 3.05) is 26.2 Å². The van der Waals surface area contributed by atoms with Gasteiger partial charge in [-0.1, -0.05) is 32.6 Å². The van der Waals surface area contributed by atoms with Gasteiger partial charge in [-0.15, -0.1) is 0 Å². The van der Waals surface area contributed by atoms with E-state index in [1.54, 1.807) is 6.92 Å². The summed E-state index contributed by atoms with van der Waals surface area (Å²) >= 11 is 0. The van der Waals surface area contributed by atoms with E-state index in [1.807, 2.05) is 0 Å². The highest BCUT2D eigenvalue weighted by atomic mass is 19.4. The first kappa shape index (κ1) is 15.8. The van der Waals surface area contributed by atoms with Crippen molar-refractivity contribution in [3.05, 3.63) is 0 Å². The summed E-state index contributed by atoms with van der Waals surface area (Å²) in [6.07, 6.45) is 3.35. The molecule has 2 nitrogen and oxygen atoms in total. The third-order valence-electron chi connectivity index (χ3n) is 3.57. The molecule has 0 aromatic heterocycles. The fourth-order valence-corrected chi connectivity index (χ4v) is 2.51. The molecule has 0 heterocycles. The Morgan fingerprint density at radius 3 is 2.22 bits per heavy atom. The van der Waals surface area contributed by atoms with Crippen molar-refractivity contribution in [1.29, 1.82) is 0 Å². The summed E-state index contributed by atoms with van der Waals surface area (Å²) in [7, 11) is 0. The summed E-state index contributed by atoms with van der Waals surface area (Å²) in [5, 5.41) is 3.40. The molecule has 0 unspecified atom stereocenters. The Morgan fingerprint density at radius 2 is 1.72 bits per heavy atom. The molecule has 18 heavy (non-hydrogen) atoms. The van der Waals surface area contributed by atoms with E-state index in [0.29, 0.717) is 25.7 Å². The van der Waals surface area contributed by atoms with Gasteiger partial charge in [0.25, 0.3) is 0 Å². The second kappa shape index (κ2) is 8.00. The van der Waals surface area contributed by atoms with Gasteiger partial charge in [0.2, 0.25) is 0 Å². The number of hydrogen-bond donors (Lipinski definition) is 1. The summed E-state index contributed by atoms with van der Waals surface area (Å²) in [5.74, 6) is 0. The van der Waals surface area contributed by atoms with Crippen LogP contribution in [0.5, 0.6) is 0 Å². The van der Waals surface area contributed by atoms with Gasteiger partial charge in [0, 0.05) is 19.1 Å². The zero-order valence-electron chi connectivity index (χ0n) is 11.2. The van der Waals surface area contributed by atoms with Crippen molar-refractivity contribution in [3.63, 3.8) is 0 Å². The first-order valence-corrected chi connectivity index (χ1v) is 7.04. The van der Waals surface area contributed by atoms with E-state index in [4.69, 9.17) is 0 Å². The van der Waals surface area contributed by atoms with Crippen molar-refractivity contribution in [2.45, 2.75) is 57.7 Å².